The van der Waals surface area contributed by atoms with Gasteiger partial charge in [0.15, 0.2) is 0 Å². The van der Waals surface area contributed by atoms with Crippen molar-refractivity contribution in [3.63, 3.8) is 0 Å². The van der Waals surface area contributed by atoms with Crippen LogP contribution in [0, 0.1) is 0 Å². The van der Waals surface area contributed by atoms with E-state index >= 15 is 0 Å². The number of allylic oxidation sites excluding steroid dienone is 1. The molecule has 1 aliphatic heterocycles. The van der Waals surface area contributed by atoms with Crippen LogP contribution in [0.1, 0.15) is 13.8 Å². The summed E-state index contributed by atoms with van der Waals surface area (Å²) in [5.74, 6) is 0. The third kappa shape index (κ3) is 0.662. The van der Waals surface area contributed by atoms with Crippen LogP contribution in [-0.2, 0) is 9.78 Å². The zero-order valence-corrected chi connectivity index (χ0v) is 6.13. The molecule has 0 amide bonds. The molecule has 2 aliphatic rings. The van der Waals surface area contributed by atoms with E-state index < -0.39 is 0 Å². The molecule has 0 spiro atoms. The van der Waals surface area contributed by atoms with E-state index in [9.17, 15) is 0 Å². The molecule has 0 unspecified atom stereocenters. The quantitative estimate of drug-likeness (QED) is 0.374. The van der Waals surface area contributed by atoms with Gasteiger partial charge in [0.25, 0.3) is 0 Å². The van der Waals surface area contributed by atoms with Crippen molar-refractivity contribution in [3.05, 3.63) is 23.3 Å². The van der Waals surface area contributed by atoms with Gasteiger partial charge in [-0.2, -0.15) is 0 Å². The maximum absolute atomic E-state index is 4.98. The fraction of sp³-hybridized carbons (Fsp3) is 0.500. The van der Waals surface area contributed by atoms with E-state index in [4.69, 9.17) is 9.78 Å². The van der Waals surface area contributed by atoms with Gasteiger partial charge in [-0.3, -0.25) is 0 Å². The van der Waals surface area contributed by atoms with Gasteiger partial charge in [-0.25, -0.2) is 9.78 Å². The first-order chi connectivity index (χ1) is 4.79. The van der Waals surface area contributed by atoms with Gasteiger partial charge in [-0.15, -0.1) is 0 Å². The van der Waals surface area contributed by atoms with Crippen molar-refractivity contribution in [1.82, 2.24) is 0 Å². The van der Waals surface area contributed by atoms with Crippen molar-refractivity contribution in [2.75, 3.05) is 0 Å². The lowest BCUT2D eigenvalue weighted by Gasteiger charge is -1.99. The third-order valence-electron chi connectivity index (χ3n) is 1.91. The molecule has 0 radical (unpaired) electrons. The predicted octanol–water partition coefficient (Wildman–Crippen LogP) is 1.59. The summed E-state index contributed by atoms with van der Waals surface area (Å²) in [6.45, 7) is 4.17. The fourth-order valence-corrected chi connectivity index (χ4v) is 1.43. The maximum Gasteiger partial charge on any atom is 0.135 e. The summed E-state index contributed by atoms with van der Waals surface area (Å²) >= 11 is 0. The molecule has 0 saturated carbocycles. The molecule has 2 nitrogen and oxygen atoms in total. The van der Waals surface area contributed by atoms with Crippen LogP contribution in [0.15, 0.2) is 23.3 Å². The van der Waals surface area contributed by atoms with E-state index in [-0.39, 0.29) is 12.2 Å². The highest BCUT2D eigenvalue weighted by Gasteiger charge is 2.35. The zero-order valence-electron chi connectivity index (χ0n) is 6.13. The van der Waals surface area contributed by atoms with Crippen LogP contribution in [0.25, 0.3) is 0 Å². The Bertz CT molecular complexity index is 195. The number of hydrogen-bond donors (Lipinski definition) is 0. The van der Waals surface area contributed by atoms with Crippen LogP contribution in [-0.4, -0.2) is 12.2 Å². The van der Waals surface area contributed by atoms with Gasteiger partial charge in [-0.05, 0) is 31.6 Å². The summed E-state index contributed by atoms with van der Waals surface area (Å²) in [4.78, 5) is 9.96. The average molecular weight is 138 g/mol. The van der Waals surface area contributed by atoms with Crippen LogP contribution in [0.4, 0.5) is 0 Å². The van der Waals surface area contributed by atoms with Crippen molar-refractivity contribution in [2.45, 2.75) is 26.1 Å². The molecule has 0 aromatic rings. The molecular weight excluding hydrogens is 128 g/mol. The van der Waals surface area contributed by atoms with E-state index in [1.165, 1.54) is 11.1 Å². The van der Waals surface area contributed by atoms with Crippen molar-refractivity contribution in [1.29, 1.82) is 0 Å². The molecule has 1 heterocycles. The van der Waals surface area contributed by atoms with Gasteiger partial charge in [0.1, 0.15) is 12.2 Å². The fourth-order valence-electron chi connectivity index (χ4n) is 1.43. The highest BCUT2D eigenvalue weighted by atomic mass is 17.2. The second kappa shape index (κ2) is 1.94. The zero-order chi connectivity index (χ0) is 7.14. The van der Waals surface area contributed by atoms with Crippen LogP contribution in [0.3, 0.4) is 0 Å². The lowest BCUT2D eigenvalue weighted by atomic mass is 10.1. The molecule has 2 atom stereocenters. The summed E-state index contributed by atoms with van der Waals surface area (Å²) in [6, 6.07) is 0. The van der Waals surface area contributed by atoms with Gasteiger partial charge in [0.2, 0.25) is 0 Å². The molecule has 10 heavy (non-hydrogen) atoms. The molecule has 2 bridgehead atoms. The molecule has 1 fully saturated rings. The van der Waals surface area contributed by atoms with E-state index in [1.807, 2.05) is 12.2 Å². The Hall–Kier alpha value is -0.600. The largest absolute Gasteiger partial charge is 0.224 e. The first kappa shape index (κ1) is 6.13. The second-order valence-corrected chi connectivity index (χ2v) is 2.87. The number of hydrogen-bond acceptors (Lipinski definition) is 2. The normalized spacial score (nSPS) is 35.6. The van der Waals surface area contributed by atoms with E-state index in [0.29, 0.717) is 0 Å². The highest BCUT2D eigenvalue weighted by Crippen LogP contribution is 2.33. The highest BCUT2D eigenvalue weighted by molar-refractivity contribution is 5.36. The molecule has 2 rings (SSSR count). The van der Waals surface area contributed by atoms with Crippen LogP contribution < -0.4 is 0 Å². The van der Waals surface area contributed by atoms with Gasteiger partial charge in [0.05, 0.1) is 0 Å². The third-order valence-corrected chi connectivity index (χ3v) is 1.91. The maximum atomic E-state index is 4.98. The summed E-state index contributed by atoms with van der Waals surface area (Å²) in [6.07, 6.45) is 4.29. The first-order valence-corrected chi connectivity index (χ1v) is 3.47. The Balaban J connectivity index is 2.39. The van der Waals surface area contributed by atoms with E-state index in [0.717, 1.165) is 0 Å². The van der Waals surface area contributed by atoms with Gasteiger partial charge >= 0.3 is 0 Å². The molecule has 54 valence electrons. The molecule has 0 aromatic heterocycles. The van der Waals surface area contributed by atoms with Crippen molar-refractivity contribution in [2.24, 2.45) is 0 Å². The van der Waals surface area contributed by atoms with Crippen molar-refractivity contribution < 1.29 is 9.78 Å². The summed E-state index contributed by atoms with van der Waals surface area (Å²) in [7, 11) is 0. The topological polar surface area (TPSA) is 18.5 Å². The minimum atomic E-state index is 0.106. The molecular formula is C8H10O2. The molecule has 0 aromatic carbocycles. The molecule has 1 aliphatic carbocycles. The number of fused-ring (bicyclic) bond motifs is 2. The van der Waals surface area contributed by atoms with Crippen LogP contribution in [0.5, 0.6) is 0 Å². The summed E-state index contributed by atoms with van der Waals surface area (Å²) in [5, 5.41) is 0. The Kier molecular flexibility index (Phi) is 1.19. The first-order valence-electron chi connectivity index (χ1n) is 3.47. The monoisotopic (exact) mass is 138 g/mol. The lowest BCUT2D eigenvalue weighted by Crippen LogP contribution is -2.02. The van der Waals surface area contributed by atoms with Crippen LogP contribution >= 0.6 is 0 Å². The van der Waals surface area contributed by atoms with Crippen molar-refractivity contribution >= 4 is 0 Å². The van der Waals surface area contributed by atoms with Crippen LogP contribution in [0.2, 0.25) is 0 Å². The molecule has 2 heteroatoms. The molecule has 1 saturated heterocycles. The Morgan fingerprint density at radius 3 is 1.90 bits per heavy atom. The lowest BCUT2D eigenvalue weighted by molar-refractivity contribution is -0.286. The van der Waals surface area contributed by atoms with Gasteiger partial charge < -0.3 is 0 Å². The SMILES string of the molecule is CC(C)=C1[C@@H]2C=C[C@H]1OO2. The number of rotatable bonds is 0. The average Bonchev–Trinajstić information content (AvgIpc) is 2.43. The molecule has 0 N–H and O–H groups in total. The predicted molar refractivity (Wildman–Crippen MR) is 37.3 cm³/mol. The summed E-state index contributed by atoms with van der Waals surface area (Å²) in [5.41, 5.74) is 2.58. The van der Waals surface area contributed by atoms with Gasteiger partial charge in [-0.1, -0.05) is 5.57 Å². The smallest absolute Gasteiger partial charge is 0.135 e. The summed E-state index contributed by atoms with van der Waals surface area (Å²) < 4.78 is 0. The standard InChI is InChI=1S/C8H10O2/c1-5(2)8-6-3-4-7(8)10-9-6/h3-4,6-7H,1-2H3/t6-,7+. The Morgan fingerprint density at radius 2 is 1.70 bits per heavy atom. The Morgan fingerprint density at radius 1 is 1.20 bits per heavy atom. The minimum absolute atomic E-state index is 0.106. The minimum Gasteiger partial charge on any atom is -0.224 e. The van der Waals surface area contributed by atoms with Gasteiger partial charge in [0, 0.05) is 0 Å². The van der Waals surface area contributed by atoms with Crippen molar-refractivity contribution in [3.8, 4) is 0 Å². The Labute approximate surface area is 60.1 Å². The van der Waals surface area contributed by atoms with E-state index in [1.54, 1.807) is 0 Å². The van der Waals surface area contributed by atoms with E-state index in [2.05, 4.69) is 13.8 Å². The second-order valence-electron chi connectivity index (χ2n) is 2.87.